The number of carbonyl (C=O) groups is 1. The van der Waals surface area contributed by atoms with Crippen molar-refractivity contribution < 1.29 is 13.9 Å². The van der Waals surface area contributed by atoms with Gasteiger partial charge in [-0.3, -0.25) is 4.79 Å². The summed E-state index contributed by atoms with van der Waals surface area (Å²) < 4.78 is 17.5. The molecule has 0 unspecified atom stereocenters. The van der Waals surface area contributed by atoms with Crippen molar-refractivity contribution in [1.29, 1.82) is 0 Å². The summed E-state index contributed by atoms with van der Waals surface area (Å²) in [6, 6.07) is 2.71. The fourth-order valence-corrected chi connectivity index (χ4v) is 0.958. The number of methoxy groups -OCH3 is 1. The van der Waals surface area contributed by atoms with E-state index in [-0.39, 0.29) is 18.1 Å². The number of Topliss-reactive ketones (excluding diaryl/α,β-unsaturated/α-hetero) is 1. The number of hydrogen-bond donors (Lipinski definition) is 0. The average molecular weight is 183 g/mol. The van der Waals surface area contributed by atoms with Gasteiger partial charge in [-0.15, -0.1) is 0 Å². The molecule has 1 heterocycles. The second-order valence-electron chi connectivity index (χ2n) is 2.67. The van der Waals surface area contributed by atoms with Gasteiger partial charge in [0.05, 0.1) is 12.8 Å². The summed E-state index contributed by atoms with van der Waals surface area (Å²) in [5, 5.41) is 0. The van der Waals surface area contributed by atoms with E-state index in [0.29, 0.717) is 5.69 Å². The SMILES string of the molecule is COc1nc(CC(C)=O)ccc1F. The molecule has 0 fully saturated rings. The van der Waals surface area contributed by atoms with Crippen molar-refractivity contribution in [3.8, 4) is 5.88 Å². The molecule has 0 aromatic carbocycles. The Balaban J connectivity index is 2.92. The molecule has 0 aliphatic carbocycles. The summed E-state index contributed by atoms with van der Waals surface area (Å²) in [5.41, 5.74) is 0.519. The fourth-order valence-electron chi connectivity index (χ4n) is 0.958. The molecule has 1 rings (SSSR count). The molecule has 0 bridgehead atoms. The summed E-state index contributed by atoms with van der Waals surface area (Å²) in [7, 11) is 1.34. The Labute approximate surface area is 75.6 Å². The molecule has 3 nitrogen and oxygen atoms in total. The first-order valence-corrected chi connectivity index (χ1v) is 3.82. The second kappa shape index (κ2) is 3.98. The summed E-state index contributed by atoms with van der Waals surface area (Å²) in [6.45, 7) is 1.46. The van der Waals surface area contributed by atoms with Crippen molar-refractivity contribution in [2.75, 3.05) is 7.11 Å². The molecule has 13 heavy (non-hydrogen) atoms. The molecule has 4 heteroatoms. The monoisotopic (exact) mass is 183 g/mol. The molecule has 1 aromatic heterocycles. The maximum absolute atomic E-state index is 12.8. The van der Waals surface area contributed by atoms with Crippen LogP contribution >= 0.6 is 0 Å². The zero-order valence-electron chi connectivity index (χ0n) is 7.50. The van der Waals surface area contributed by atoms with Crippen LogP contribution in [0.3, 0.4) is 0 Å². The zero-order chi connectivity index (χ0) is 9.84. The highest BCUT2D eigenvalue weighted by Crippen LogP contribution is 2.13. The Morgan fingerprint density at radius 2 is 2.31 bits per heavy atom. The molecular formula is C9H10FNO2. The lowest BCUT2D eigenvalue weighted by Gasteiger charge is -2.02. The number of hydrogen-bond acceptors (Lipinski definition) is 3. The summed E-state index contributed by atoms with van der Waals surface area (Å²) in [5.74, 6) is -0.602. The molecule has 0 N–H and O–H groups in total. The lowest BCUT2D eigenvalue weighted by Crippen LogP contribution is -2.01. The fraction of sp³-hybridized carbons (Fsp3) is 0.333. The first-order valence-electron chi connectivity index (χ1n) is 3.82. The third-order valence-electron chi connectivity index (χ3n) is 1.49. The van der Waals surface area contributed by atoms with Gasteiger partial charge in [0.25, 0.3) is 0 Å². The number of aromatic nitrogens is 1. The zero-order valence-corrected chi connectivity index (χ0v) is 7.50. The van der Waals surface area contributed by atoms with E-state index in [9.17, 15) is 9.18 Å². The quantitative estimate of drug-likeness (QED) is 0.710. The molecule has 70 valence electrons. The lowest BCUT2D eigenvalue weighted by atomic mass is 10.2. The molecule has 0 spiro atoms. The van der Waals surface area contributed by atoms with Gasteiger partial charge in [-0.25, -0.2) is 9.37 Å². The minimum absolute atomic E-state index is 0.0128. The molecule has 0 radical (unpaired) electrons. The lowest BCUT2D eigenvalue weighted by molar-refractivity contribution is -0.116. The topological polar surface area (TPSA) is 39.2 Å². The van der Waals surface area contributed by atoms with E-state index >= 15 is 0 Å². The van der Waals surface area contributed by atoms with Gasteiger partial charge >= 0.3 is 0 Å². The smallest absolute Gasteiger partial charge is 0.250 e. The van der Waals surface area contributed by atoms with E-state index in [2.05, 4.69) is 9.72 Å². The number of ketones is 1. The molecule has 0 aliphatic heterocycles. The van der Waals surface area contributed by atoms with E-state index in [1.807, 2.05) is 0 Å². The highest BCUT2D eigenvalue weighted by atomic mass is 19.1. The van der Waals surface area contributed by atoms with E-state index < -0.39 is 5.82 Å². The van der Waals surface area contributed by atoms with E-state index in [0.717, 1.165) is 0 Å². The van der Waals surface area contributed by atoms with Crippen LogP contribution in [0.15, 0.2) is 12.1 Å². The summed E-state index contributed by atoms with van der Waals surface area (Å²) in [6.07, 6.45) is 0.205. The van der Waals surface area contributed by atoms with Crippen LogP contribution in [0.1, 0.15) is 12.6 Å². The second-order valence-corrected chi connectivity index (χ2v) is 2.67. The Hall–Kier alpha value is -1.45. The number of ether oxygens (including phenoxy) is 1. The van der Waals surface area contributed by atoms with Crippen LogP contribution in [0, 0.1) is 5.82 Å². The first-order chi connectivity index (χ1) is 6.13. The van der Waals surface area contributed by atoms with Crippen LogP contribution < -0.4 is 4.74 Å². The van der Waals surface area contributed by atoms with Crippen LogP contribution in [-0.2, 0) is 11.2 Å². The van der Waals surface area contributed by atoms with E-state index in [1.54, 1.807) is 0 Å². The summed E-state index contributed by atoms with van der Waals surface area (Å²) in [4.78, 5) is 14.5. The maximum atomic E-state index is 12.8. The molecule has 0 saturated carbocycles. The van der Waals surface area contributed by atoms with Gasteiger partial charge in [0.15, 0.2) is 5.82 Å². The standard InChI is InChI=1S/C9H10FNO2/c1-6(12)5-7-3-4-8(10)9(11-7)13-2/h3-4H,5H2,1-2H3. The Kier molecular flexibility index (Phi) is 2.95. The van der Waals surface area contributed by atoms with Crippen LogP contribution in [-0.4, -0.2) is 17.9 Å². The van der Waals surface area contributed by atoms with Gasteiger partial charge in [-0.05, 0) is 19.1 Å². The number of pyridine rings is 1. The van der Waals surface area contributed by atoms with Gasteiger partial charge in [0.1, 0.15) is 5.78 Å². The number of carbonyl (C=O) groups excluding carboxylic acids is 1. The predicted molar refractivity (Wildman–Crippen MR) is 45.1 cm³/mol. The van der Waals surface area contributed by atoms with Crippen molar-refractivity contribution in [3.05, 3.63) is 23.6 Å². The third kappa shape index (κ3) is 2.50. The van der Waals surface area contributed by atoms with Gasteiger partial charge < -0.3 is 4.74 Å². The van der Waals surface area contributed by atoms with E-state index in [4.69, 9.17) is 0 Å². The molecule has 0 amide bonds. The van der Waals surface area contributed by atoms with Crippen LogP contribution in [0.4, 0.5) is 4.39 Å². The normalized spacial score (nSPS) is 9.77. The van der Waals surface area contributed by atoms with Crippen LogP contribution in [0.25, 0.3) is 0 Å². The largest absolute Gasteiger partial charge is 0.479 e. The Morgan fingerprint density at radius 3 is 2.85 bits per heavy atom. The van der Waals surface area contributed by atoms with Crippen molar-refractivity contribution in [1.82, 2.24) is 4.98 Å². The Bertz CT molecular complexity index is 325. The molecular weight excluding hydrogens is 173 g/mol. The van der Waals surface area contributed by atoms with Gasteiger partial charge in [0.2, 0.25) is 5.88 Å². The Morgan fingerprint density at radius 1 is 1.62 bits per heavy atom. The van der Waals surface area contributed by atoms with Gasteiger partial charge in [-0.1, -0.05) is 0 Å². The molecule has 0 aliphatic rings. The molecule has 1 aromatic rings. The molecule has 0 saturated heterocycles. The maximum Gasteiger partial charge on any atom is 0.250 e. The highest BCUT2D eigenvalue weighted by molar-refractivity contribution is 5.77. The highest BCUT2D eigenvalue weighted by Gasteiger charge is 2.06. The van der Waals surface area contributed by atoms with Crippen LogP contribution in [0.2, 0.25) is 0 Å². The number of nitrogens with zero attached hydrogens (tertiary/aromatic N) is 1. The predicted octanol–water partition coefficient (Wildman–Crippen LogP) is 1.36. The van der Waals surface area contributed by atoms with Gasteiger partial charge in [0, 0.05) is 6.42 Å². The molecule has 0 atom stereocenters. The van der Waals surface area contributed by atoms with E-state index in [1.165, 1.54) is 26.2 Å². The minimum atomic E-state index is -0.519. The van der Waals surface area contributed by atoms with Crippen molar-refractivity contribution >= 4 is 5.78 Å². The third-order valence-corrected chi connectivity index (χ3v) is 1.49. The van der Waals surface area contributed by atoms with Crippen LogP contribution in [0.5, 0.6) is 5.88 Å². The van der Waals surface area contributed by atoms with Crippen molar-refractivity contribution in [2.24, 2.45) is 0 Å². The minimum Gasteiger partial charge on any atom is -0.479 e. The number of rotatable bonds is 3. The average Bonchev–Trinajstić information content (AvgIpc) is 2.07. The van der Waals surface area contributed by atoms with Crippen molar-refractivity contribution in [2.45, 2.75) is 13.3 Å². The van der Waals surface area contributed by atoms with Crippen molar-refractivity contribution in [3.63, 3.8) is 0 Å². The van der Waals surface area contributed by atoms with Gasteiger partial charge in [-0.2, -0.15) is 0 Å². The first kappa shape index (κ1) is 9.64. The number of halogens is 1. The summed E-state index contributed by atoms with van der Waals surface area (Å²) >= 11 is 0.